The van der Waals surface area contributed by atoms with E-state index in [-0.39, 0.29) is 11.4 Å². The molecule has 3 N–H and O–H groups in total. The lowest BCUT2D eigenvalue weighted by Crippen LogP contribution is -2.65. The van der Waals surface area contributed by atoms with Gasteiger partial charge < -0.3 is 11.1 Å². The molecule has 1 aliphatic carbocycles. The summed E-state index contributed by atoms with van der Waals surface area (Å²) in [6, 6.07) is 0.295. The second-order valence-electron chi connectivity index (χ2n) is 4.55. The fourth-order valence-corrected chi connectivity index (χ4v) is 2.62. The van der Waals surface area contributed by atoms with Crippen LogP contribution in [0.1, 0.15) is 25.7 Å². The minimum absolute atomic E-state index is 0.207. The van der Waals surface area contributed by atoms with Gasteiger partial charge >= 0.3 is 0 Å². The van der Waals surface area contributed by atoms with E-state index in [9.17, 15) is 4.79 Å². The molecule has 0 aromatic rings. The van der Waals surface area contributed by atoms with Gasteiger partial charge in [0, 0.05) is 19.1 Å². The first-order chi connectivity index (χ1) is 6.65. The largest absolute Gasteiger partial charge is 0.353 e. The first-order valence-electron chi connectivity index (χ1n) is 5.40. The van der Waals surface area contributed by atoms with Crippen LogP contribution in [0, 0.1) is 0 Å². The van der Waals surface area contributed by atoms with Crippen molar-refractivity contribution in [3.05, 3.63) is 0 Å². The zero-order chi connectivity index (χ0) is 10.2. The Bertz CT molecular complexity index is 234. The molecule has 0 atom stereocenters. The maximum Gasteiger partial charge on any atom is 0.240 e. The smallest absolute Gasteiger partial charge is 0.240 e. The highest BCUT2D eigenvalue weighted by Crippen LogP contribution is 2.33. The van der Waals surface area contributed by atoms with Crippen LogP contribution in [0.2, 0.25) is 0 Å². The number of piperazine rings is 1. The molecular weight excluding hydrogens is 178 g/mol. The molecule has 2 fully saturated rings. The molecule has 1 heterocycles. The Balaban J connectivity index is 2.15. The van der Waals surface area contributed by atoms with Crippen molar-refractivity contribution in [3.63, 3.8) is 0 Å². The Morgan fingerprint density at radius 1 is 1.50 bits per heavy atom. The third-order valence-corrected chi connectivity index (χ3v) is 3.74. The molecule has 4 nitrogen and oxygen atoms in total. The number of nitrogens with two attached hydrogens (primary N) is 1. The minimum Gasteiger partial charge on any atom is -0.353 e. The first-order valence-corrected chi connectivity index (χ1v) is 5.40. The van der Waals surface area contributed by atoms with Crippen molar-refractivity contribution < 1.29 is 4.79 Å². The molecule has 1 aliphatic heterocycles. The summed E-state index contributed by atoms with van der Waals surface area (Å²) in [6.07, 6.45) is 3.77. The van der Waals surface area contributed by atoms with Gasteiger partial charge in [0.2, 0.25) is 5.91 Å². The fraction of sp³-hybridized carbons (Fsp3) is 0.900. The average Bonchev–Trinajstić information content (AvgIpc) is 2.17. The summed E-state index contributed by atoms with van der Waals surface area (Å²) in [6.45, 7) is 1.74. The third kappa shape index (κ3) is 1.42. The molecule has 0 radical (unpaired) electrons. The van der Waals surface area contributed by atoms with Crippen LogP contribution in [0.15, 0.2) is 0 Å². The number of nitrogens with zero attached hydrogens (tertiary/aromatic N) is 1. The quantitative estimate of drug-likeness (QED) is 0.560. The van der Waals surface area contributed by atoms with Gasteiger partial charge in [0.15, 0.2) is 0 Å². The van der Waals surface area contributed by atoms with Crippen LogP contribution in [0.5, 0.6) is 0 Å². The van der Waals surface area contributed by atoms with E-state index in [0.717, 1.165) is 38.8 Å². The van der Waals surface area contributed by atoms with E-state index in [0.29, 0.717) is 6.04 Å². The van der Waals surface area contributed by atoms with Crippen molar-refractivity contribution in [1.29, 1.82) is 0 Å². The van der Waals surface area contributed by atoms with Crippen molar-refractivity contribution >= 4 is 5.91 Å². The lowest BCUT2D eigenvalue weighted by atomic mass is 9.77. The molecular formula is C10H19N3O. The number of carbonyl (C=O) groups is 1. The van der Waals surface area contributed by atoms with Gasteiger partial charge in [0.1, 0.15) is 5.54 Å². The topological polar surface area (TPSA) is 58.4 Å². The van der Waals surface area contributed by atoms with E-state index in [1.807, 2.05) is 0 Å². The lowest BCUT2D eigenvalue weighted by molar-refractivity contribution is -0.138. The molecule has 1 saturated carbocycles. The molecule has 0 aromatic heterocycles. The van der Waals surface area contributed by atoms with E-state index in [1.54, 1.807) is 0 Å². The van der Waals surface area contributed by atoms with Crippen molar-refractivity contribution in [2.45, 2.75) is 37.3 Å². The highest BCUT2D eigenvalue weighted by Gasteiger charge is 2.45. The Hall–Kier alpha value is -0.610. The monoisotopic (exact) mass is 197 g/mol. The second-order valence-corrected chi connectivity index (χ2v) is 4.55. The predicted molar refractivity (Wildman–Crippen MR) is 54.8 cm³/mol. The van der Waals surface area contributed by atoms with Gasteiger partial charge in [-0.2, -0.15) is 0 Å². The molecule has 0 aromatic carbocycles. The van der Waals surface area contributed by atoms with Gasteiger partial charge in [-0.25, -0.2) is 0 Å². The first kappa shape index (κ1) is 9.93. The van der Waals surface area contributed by atoms with E-state index >= 15 is 0 Å². The standard InChI is InChI=1S/C10H19N3O/c1-13-7-6-12-9(14)10(13)4-2-8(11)3-5-10/h8H,2-7,11H2,1H3,(H,12,14). The van der Waals surface area contributed by atoms with Crippen molar-refractivity contribution in [1.82, 2.24) is 10.2 Å². The van der Waals surface area contributed by atoms with Crippen LogP contribution in [0.25, 0.3) is 0 Å². The molecule has 80 valence electrons. The van der Waals surface area contributed by atoms with Gasteiger partial charge in [-0.3, -0.25) is 9.69 Å². The number of hydrogen-bond acceptors (Lipinski definition) is 3. The number of likely N-dealkylation sites (N-methyl/N-ethyl adjacent to an activating group) is 1. The van der Waals surface area contributed by atoms with Crippen LogP contribution in [0.3, 0.4) is 0 Å². The number of amides is 1. The third-order valence-electron chi connectivity index (χ3n) is 3.74. The Labute approximate surface area is 84.8 Å². The van der Waals surface area contributed by atoms with Gasteiger partial charge in [-0.15, -0.1) is 0 Å². The molecule has 4 heteroatoms. The maximum absolute atomic E-state index is 11.9. The van der Waals surface area contributed by atoms with E-state index in [4.69, 9.17) is 5.73 Å². The molecule has 0 unspecified atom stereocenters. The van der Waals surface area contributed by atoms with Crippen LogP contribution in [-0.4, -0.2) is 42.5 Å². The Kier molecular flexibility index (Phi) is 2.49. The van der Waals surface area contributed by atoms with Crippen molar-refractivity contribution in [2.24, 2.45) is 5.73 Å². The summed E-state index contributed by atoms with van der Waals surface area (Å²) in [4.78, 5) is 14.1. The summed E-state index contributed by atoms with van der Waals surface area (Å²) in [5.74, 6) is 0.207. The van der Waals surface area contributed by atoms with Crippen LogP contribution in [0.4, 0.5) is 0 Å². The molecule has 14 heavy (non-hydrogen) atoms. The van der Waals surface area contributed by atoms with Gasteiger partial charge in [0.25, 0.3) is 0 Å². The highest BCUT2D eigenvalue weighted by molar-refractivity contribution is 5.87. The van der Waals surface area contributed by atoms with Gasteiger partial charge in [-0.1, -0.05) is 0 Å². The normalized spacial score (nSPS) is 39.9. The summed E-state index contributed by atoms with van der Waals surface area (Å²) in [5.41, 5.74) is 5.62. The lowest BCUT2D eigenvalue weighted by Gasteiger charge is -2.47. The van der Waals surface area contributed by atoms with Crippen LogP contribution >= 0.6 is 0 Å². The summed E-state index contributed by atoms with van der Waals surface area (Å²) < 4.78 is 0. The molecule has 1 amide bonds. The van der Waals surface area contributed by atoms with E-state index in [1.165, 1.54) is 0 Å². The Morgan fingerprint density at radius 3 is 2.71 bits per heavy atom. The van der Waals surface area contributed by atoms with Crippen LogP contribution < -0.4 is 11.1 Å². The zero-order valence-corrected chi connectivity index (χ0v) is 8.75. The molecule has 2 aliphatic rings. The Morgan fingerprint density at radius 2 is 2.14 bits per heavy atom. The fourth-order valence-electron chi connectivity index (χ4n) is 2.62. The van der Waals surface area contributed by atoms with Crippen molar-refractivity contribution in [2.75, 3.05) is 20.1 Å². The summed E-state index contributed by atoms with van der Waals surface area (Å²) >= 11 is 0. The molecule has 2 rings (SSSR count). The predicted octanol–water partition coefficient (Wildman–Crippen LogP) is -0.312. The van der Waals surface area contributed by atoms with Gasteiger partial charge in [0.05, 0.1) is 0 Å². The molecule has 1 saturated heterocycles. The van der Waals surface area contributed by atoms with E-state index in [2.05, 4.69) is 17.3 Å². The second kappa shape index (κ2) is 3.51. The van der Waals surface area contributed by atoms with Crippen molar-refractivity contribution in [3.8, 4) is 0 Å². The summed E-state index contributed by atoms with van der Waals surface area (Å²) in [5, 5.41) is 2.97. The number of carbonyl (C=O) groups excluding carboxylic acids is 1. The van der Waals surface area contributed by atoms with Crippen LogP contribution in [-0.2, 0) is 4.79 Å². The highest BCUT2D eigenvalue weighted by atomic mass is 16.2. The number of rotatable bonds is 0. The SMILES string of the molecule is CN1CCNC(=O)C12CCC(N)CC2. The molecule has 1 spiro atoms. The summed E-state index contributed by atoms with van der Waals surface area (Å²) in [7, 11) is 2.05. The zero-order valence-electron chi connectivity index (χ0n) is 8.75. The maximum atomic E-state index is 11.9. The number of hydrogen-bond donors (Lipinski definition) is 2. The minimum atomic E-state index is -0.242. The van der Waals surface area contributed by atoms with Gasteiger partial charge in [-0.05, 0) is 32.7 Å². The van der Waals surface area contributed by atoms with E-state index < -0.39 is 0 Å². The number of nitrogens with one attached hydrogen (secondary N) is 1. The average molecular weight is 197 g/mol. The molecule has 0 bridgehead atoms.